The molecule has 4 fully saturated rings. The van der Waals surface area contributed by atoms with Gasteiger partial charge in [-0.1, -0.05) is 34.1 Å². The highest BCUT2D eigenvalue weighted by Crippen LogP contribution is 2.69. The quantitative estimate of drug-likeness (QED) is 0.520. The second-order valence-electron chi connectivity index (χ2n) is 12.9. The van der Waals surface area contributed by atoms with Gasteiger partial charge in [0, 0.05) is 13.3 Å². The number of hydrogen-bond acceptors (Lipinski definition) is 6. The predicted octanol–water partition coefficient (Wildman–Crippen LogP) is 4.74. The minimum Gasteiger partial charge on any atom is -0.469 e. The molecule has 0 aromatic heterocycles. The second kappa shape index (κ2) is 9.96. The van der Waals surface area contributed by atoms with Crippen molar-refractivity contribution in [2.75, 3.05) is 7.11 Å². The smallest absolute Gasteiger partial charge is 0.305 e. The summed E-state index contributed by atoms with van der Waals surface area (Å²) in [5.41, 5.74) is -0.0932. The van der Waals surface area contributed by atoms with Gasteiger partial charge in [0.2, 0.25) is 0 Å². The van der Waals surface area contributed by atoms with E-state index >= 15 is 0 Å². The van der Waals surface area contributed by atoms with E-state index in [1.165, 1.54) is 14.0 Å². The lowest BCUT2D eigenvalue weighted by Crippen LogP contribution is -2.66. The van der Waals surface area contributed by atoms with Gasteiger partial charge in [-0.15, -0.1) is 0 Å². The average Bonchev–Trinajstić information content (AvgIpc) is 3.14. The fraction of sp³-hybridized carbons (Fsp3) is 0.931. The van der Waals surface area contributed by atoms with Crippen LogP contribution in [0.15, 0.2) is 0 Å². The Bertz CT molecular complexity index is 798. The molecule has 2 N–H and O–H groups in total. The van der Waals surface area contributed by atoms with Gasteiger partial charge in [0.05, 0.1) is 19.3 Å². The Morgan fingerprint density at radius 3 is 2.43 bits per heavy atom. The van der Waals surface area contributed by atoms with Crippen molar-refractivity contribution in [3.05, 3.63) is 0 Å². The van der Waals surface area contributed by atoms with E-state index in [0.29, 0.717) is 24.2 Å². The van der Waals surface area contributed by atoms with E-state index in [9.17, 15) is 19.8 Å². The van der Waals surface area contributed by atoms with E-state index in [1.54, 1.807) is 0 Å². The molecular weight excluding hydrogens is 444 g/mol. The molecule has 0 aromatic rings. The largest absolute Gasteiger partial charge is 0.469 e. The van der Waals surface area contributed by atoms with Crippen LogP contribution in [0.5, 0.6) is 0 Å². The lowest BCUT2D eigenvalue weighted by Gasteiger charge is -2.66. The van der Waals surface area contributed by atoms with Gasteiger partial charge >= 0.3 is 11.9 Å². The standard InChI is InChI=1S/C29H48O6/c1-7-19-22-14-18(35-17(3)30)12-13-28(22,4)26-23(31)15-29(5)20(16(2)8-11-24(32)34-6)9-10-21(29)25(26)27(19)33/h16,18-23,25-27,31,33H,7-15H2,1-6H3/t16-,18-,19-,20-,21?,22+,23?,25?,26?,27?,28+,29-/m1/s1. The van der Waals surface area contributed by atoms with Crippen molar-refractivity contribution < 1.29 is 29.3 Å². The number of aliphatic hydroxyl groups excluding tert-OH is 2. The minimum atomic E-state index is -0.445. The minimum absolute atomic E-state index is 0.0342. The van der Waals surface area contributed by atoms with E-state index in [4.69, 9.17) is 9.47 Å². The number of esters is 2. The van der Waals surface area contributed by atoms with Crippen LogP contribution in [-0.4, -0.2) is 47.6 Å². The summed E-state index contributed by atoms with van der Waals surface area (Å²) in [4.78, 5) is 23.4. The molecule has 200 valence electrons. The molecule has 0 aliphatic heterocycles. The van der Waals surface area contributed by atoms with Crippen LogP contribution in [0.4, 0.5) is 0 Å². The molecule has 4 aliphatic rings. The van der Waals surface area contributed by atoms with Crippen LogP contribution in [0.2, 0.25) is 0 Å². The van der Waals surface area contributed by atoms with E-state index < -0.39 is 12.2 Å². The Labute approximate surface area is 211 Å². The molecule has 0 heterocycles. The lowest BCUT2D eigenvalue weighted by molar-refractivity contribution is -0.237. The van der Waals surface area contributed by atoms with E-state index in [-0.39, 0.29) is 52.5 Å². The lowest BCUT2D eigenvalue weighted by atomic mass is 9.40. The molecule has 4 aliphatic carbocycles. The maximum absolute atomic E-state index is 11.9. The fourth-order valence-electron chi connectivity index (χ4n) is 10.0. The van der Waals surface area contributed by atoms with E-state index in [0.717, 1.165) is 51.4 Å². The van der Waals surface area contributed by atoms with Gasteiger partial charge in [-0.05, 0) is 97.2 Å². The number of ether oxygens (including phenoxy) is 2. The zero-order valence-electron chi connectivity index (χ0n) is 22.7. The second-order valence-corrected chi connectivity index (χ2v) is 12.9. The Morgan fingerprint density at radius 2 is 1.80 bits per heavy atom. The Balaban J connectivity index is 1.61. The Morgan fingerprint density at radius 1 is 1.09 bits per heavy atom. The average molecular weight is 493 g/mol. The highest BCUT2D eigenvalue weighted by Gasteiger charge is 2.67. The molecule has 0 amide bonds. The van der Waals surface area contributed by atoms with Crippen molar-refractivity contribution in [2.24, 2.45) is 52.3 Å². The van der Waals surface area contributed by atoms with Crippen molar-refractivity contribution in [1.29, 1.82) is 0 Å². The molecule has 5 unspecified atom stereocenters. The van der Waals surface area contributed by atoms with Gasteiger partial charge in [-0.3, -0.25) is 9.59 Å². The predicted molar refractivity (Wildman–Crippen MR) is 133 cm³/mol. The SMILES string of the molecule is CC[C@H]1C(O)C2C3CC[C@H]([C@H](C)CCC(=O)OC)[C@@]3(C)CC(O)C2[C@@]2(C)CC[C@@H](OC(C)=O)C[C@@H]12. The Hall–Kier alpha value is -1.14. The number of carbonyl (C=O) groups is 2. The monoisotopic (exact) mass is 492 g/mol. The van der Waals surface area contributed by atoms with Crippen LogP contribution >= 0.6 is 0 Å². The third-order valence-electron chi connectivity index (χ3n) is 11.4. The highest BCUT2D eigenvalue weighted by molar-refractivity contribution is 5.69. The van der Waals surface area contributed by atoms with Crippen LogP contribution in [0, 0.1) is 52.3 Å². The van der Waals surface area contributed by atoms with Crippen molar-refractivity contribution in [3.8, 4) is 0 Å². The van der Waals surface area contributed by atoms with Crippen LogP contribution < -0.4 is 0 Å². The summed E-state index contributed by atoms with van der Waals surface area (Å²) in [5, 5.41) is 23.7. The topological polar surface area (TPSA) is 93.1 Å². The maximum Gasteiger partial charge on any atom is 0.305 e. The molecule has 0 spiro atoms. The van der Waals surface area contributed by atoms with Gasteiger partial charge in [0.15, 0.2) is 0 Å². The van der Waals surface area contributed by atoms with Crippen LogP contribution in [-0.2, 0) is 19.1 Å². The van der Waals surface area contributed by atoms with Crippen molar-refractivity contribution >= 4 is 11.9 Å². The number of carbonyl (C=O) groups excluding carboxylic acids is 2. The van der Waals surface area contributed by atoms with Crippen LogP contribution in [0.1, 0.15) is 92.4 Å². The molecule has 6 nitrogen and oxygen atoms in total. The molecule has 4 saturated carbocycles. The summed E-state index contributed by atoms with van der Waals surface area (Å²) < 4.78 is 10.5. The van der Waals surface area contributed by atoms with E-state index in [2.05, 4.69) is 27.7 Å². The molecule has 35 heavy (non-hydrogen) atoms. The van der Waals surface area contributed by atoms with Crippen molar-refractivity contribution in [1.82, 2.24) is 0 Å². The van der Waals surface area contributed by atoms with Gasteiger partial charge in [0.1, 0.15) is 6.10 Å². The van der Waals surface area contributed by atoms with Gasteiger partial charge in [-0.2, -0.15) is 0 Å². The summed E-state index contributed by atoms with van der Waals surface area (Å²) in [5.74, 6) is 1.38. The first-order chi connectivity index (χ1) is 16.5. The number of methoxy groups -OCH3 is 1. The summed E-state index contributed by atoms with van der Waals surface area (Å²) >= 11 is 0. The number of fused-ring (bicyclic) bond motifs is 5. The zero-order chi connectivity index (χ0) is 25.7. The molecule has 0 bridgehead atoms. The van der Waals surface area contributed by atoms with Crippen molar-refractivity contribution in [2.45, 2.75) is 111 Å². The first-order valence-electron chi connectivity index (χ1n) is 14.1. The summed E-state index contributed by atoms with van der Waals surface area (Å²) in [7, 11) is 1.44. The molecule has 0 aromatic carbocycles. The summed E-state index contributed by atoms with van der Waals surface area (Å²) in [6, 6.07) is 0. The third-order valence-corrected chi connectivity index (χ3v) is 11.4. The van der Waals surface area contributed by atoms with E-state index in [1.807, 2.05) is 0 Å². The summed E-state index contributed by atoms with van der Waals surface area (Å²) in [6.07, 6.45) is 6.68. The van der Waals surface area contributed by atoms with Crippen LogP contribution in [0.25, 0.3) is 0 Å². The number of rotatable bonds is 6. The molecule has 0 saturated heterocycles. The molecular formula is C29H48O6. The maximum atomic E-state index is 11.9. The normalized spacial score (nSPS) is 47.7. The first-order valence-corrected chi connectivity index (χ1v) is 14.1. The number of hydrogen-bond donors (Lipinski definition) is 2. The molecule has 0 radical (unpaired) electrons. The molecule has 12 atom stereocenters. The van der Waals surface area contributed by atoms with Gasteiger partial charge in [0.25, 0.3) is 0 Å². The summed E-state index contributed by atoms with van der Waals surface area (Å²) in [6.45, 7) is 10.6. The van der Waals surface area contributed by atoms with Crippen LogP contribution in [0.3, 0.4) is 0 Å². The first kappa shape index (κ1) is 26.9. The number of aliphatic hydroxyl groups is 2. The zero-order valence-corrected chi connectivity index (χ0v) is 22.7. The van der Waals surface area contributed by atoms with Crippen molar-refractivity contribution in [3.63, 3.8) is 0 Å². The third kappa shape index (κ3) is 4.45. The van der Waals surface area contributed by atoms with Gasteiger partial charge < -0.3 is 19.7 Å². The molecule has 6 heteroatoms. The van der Waals surface area contributed by atoms with Gasteiger partial charge in [-0.25, -0.2) is 0 Å². The molecule has 4 rings (SSSR count). The highest BCUT2D eigenvalue weighted by atomic mass is 16.5. The Kier molecular flexibility index (Phi) is 7.66. The fourth-order valence-corrected chi connectivity index (χ4v) is 10.0.